The lowest BCUT2D eigenvalue weighted by molar-refractivity contribution is -0.0501. The van der Waals surface area contributed by atoms with Crippen molar-refractivity contribution in [1.29, 1.82) is 0 Å². The van der Waals surface area contributed by atoms with E-state index in [0.29, 0.717) is 31.2 Å². The van der Waals surface area contributed by atoms with Gasteiger partial charge in [-0.05, 0) is 57.6 Å². The van der Waals surface area contributed by atoms with Gasteiger partial charge in [-0.2, -0.15) is 0 Å². The Balaban J connectivity index is 1.29. The number of aromatic nitrogens is 1. The predicted molar refractivity (Wildman–Crippen MR) is 140 cm³/mol. The highest BCUT2D eigenvalue weighted by Gasteiger charge is 2.42. The van der Waals surface area contributed by atoms with E-state index in [1.54, 1.807) is 0 Å². The summed E-state index contributed by atoms with van der Waals surface area (Å²) in [5.74, 6) is -1.09. The molecule has 1 saturated carbocycles. The Bertz CT molecular complexity index is 1300. The van der Waals surface area contributed by atoms with Crippen LogP contribution in [0.2, 0.25) is 0 Å². The third-order valence-electron chi connectivity index (χ3n) is 8.53. The Morgan fingerprint density at radius 2 is 1.76 bits per heavy atom. The molecule has 8 heteroatoms. The Labute approximate surface area is 220 Å². The van der Waals surface area contributed by atoms with Gasteiger partial charge in [0, 0.05) is 66.0 Å². The van der Waals surface area contributed by atoms with Crippen molar-refractivity contribution < 1.29 is 22.3 Å². The minimum absolute atomic E-state index is 0.0348. The number of rotatable bonds is 7. The minimum Gasteiger partial charge on any atom is -0.488 e. The molecule has 0 bridgehead atoms. The van der Waals surface area contributed by atoms with E-state index in [-0.39, 0.29) is 42.6 Å². The van der Waals surface area contributed by atoms with Gasteiger partial charge in [0.1, 0.15) is 29.2 Å². The molecule has 2 aliphatic heterocycles. The van der Waals surface area contributed by atoms with Crippen molar-refractivity contribution in [3.05, 3.63) is 64.9 Å². The fourth-order valence-electron chi connectivity index (χ4n) is 6.55. The molecule has 1 aliphatic carbocycles. The highest BCUT2D eigenvalue weighted by molar-refractivity contribution is 5.85. The number of fused-ring (bicyclic) bond motifs is 3. The van der Waals surface area contributed by atoms with Crippen molar-refractivity contribution in [3.8, 4) is 5.75 Å². The van der Waals surface area contributed by atoms with Crippen molar-refractivity contribution in [1.82, 2.24) is 14.8 Å². The van der Waals surface area contributed by atoms with Gasteiger partial charge in [0.05, 0.1) is 12.7 Å². The molecule has 2 fully saturated rings. The fourth-order valence-corrected chi connectivity index (χ4v) is 6.55. The van der Waals surface area contributed by atoms with E-state index in [4.69, 9.17) is 4.74 Å². The molecule has 2 aromatic carbocycles. The quantitative estimate of drug-likeness (QED) is 0.363. The molecule has 0 amide bonds. The van der Waals surface area contributed by atoms with E-state index >= 15 is 8.78 Å². The Morgan fingerprint density at radius 1 is 1.08 bits per heavy atom. The standard InChI is InChI=1S/C30H35F4N3O/c1-17-8-23-22-6-4-5-7-26(22)35-28(23)29(37(17)16-30(2,3)34)27-24(32)11-20(12-25(27)33)38-21-14-36(15-21)19-9-18(10-19)13-31/h4-7,11-12,17-19,21,29,35H,8-10,13-16H2,1-3H3/t17-,18-,19+,29-/m1/s1. The number of para-hydroxylation sites is 1. The van der Waals surface area contributed by atoms with Crippen LogP contribution in [0.1, 0.15) is 56.5 Å². The highest BCUT2D eigenvalue weighted by atomic mass is 19.1. The first-order valence-electron chi connectivity index (χ1n) is 13.6. The third kappa shape index (κ3) is 4.60. The van der Waals surface area contributed by atoms with Gasteiger partial charge >= 0.3 is 0 Å². The molecular weight excluding hydrogens is 494 g/mol. The maximum Gasteiger partial charge on any atom is 0.135 e. The summed E-state index contributed by atoms with van der Waals surface area (Å²) in [6, 6.07) is 9.80. The second-order valence-electron chi connectivity index (χ2n) is 12.0. The second kappa shape index (κ2) is 9.56. The lowest BCUT2D eigenvalue weighted by atomic mass is 9.79. The topological polar surface area (TPSA) is 31.5 Å². The van der Waals surface area contributed by atoms with E-state index in [9.17, 15) is 8.78 Å². The molecule has 3 aromatic rings. The summed E-state index contributed by atoms with van der Waals surface area (Å²) in [6.45, 7) is 6.08. The molecule has 204 valence electrons. The zero-order chi connectivity index (χ0) is 26.8. The first-order chi connectivity index (χ1) is 18.1. The average molecular weight is 530 g/mol. The van der Waals surface area contributed by atoms with Crippen molar-refractivity contribution in [2.24, 2.45) is 5.92 Å². The molecule has 3 aliphatic rings. The molecule has 4 nitrogen and oxygen atoms in total. The van der Waals surface area contributed by atoms with Crippen LogP contribution < -0.4 is 4.74 Å². The molecule has 2 atom stereocenters. The van der Waals surface area contributed by atoms with E-state index in [0.717, 1.165) is 29.3 Å². The van der Waals surface area contributed by atoms with Gasteiger partial charge in [0.25, 0.3) is 0 Å². The zero-order valence-corrected chi connectivity index (χ0v) is 22.1. The van der Waals surface area contributed by atoms with Gasteiger partial charge in [0.2, 0.25) is 0 Å². The first kappa shape index (κ1) is 25.7. The minimum atomic E-state index is -1.55. The van der Waals surface area contributed by atoms with Crippen LogP contribution >= 0.6 is 0 Å². The number of ether oxygens (including phenoxy) is 1. The highest BCUT2D eigenvalue weighted by Crippen LogP contribution is 2.44. The normalized spacial score (nSPS) is 26.7. The largest absolute Gasteiger partial charge is 0.488 e. The summed E-state index contributed by atoms with van der Waals surface area (Å²) in [7, 11) is 0. The molecule has 0 unspecified atom stereocenters. The molecule has 0 spiro atoms. The maximum atomic E-state index is 15.8. The molecular formula is C30H35F4N3O. The number of aromatic amines is 1. The van der Waals surface area contributed by atoms with Crippen LogP contribution in [0.25, 0.3) is 10.9 Å². The number of likely N-dealkylation sites (tertiary alicyclic amines) is 1. The molecule has 1 aromatic heterocycles. The molecule has 1 saturated heterocycles. The predicted octanol–water partition coefficient (Wildman–Crippen LogP) is 6.34. The van der Waals surface area contributed by atoms with E-state index < -0.39 is 23.3 Å². The number of hydrogen-bond acceptors (Lipinski definition) is 3. The Hall–Kier alpha value is -2.58. The lowest BCUT2D eigenvalue weighted by Crippen LogP contribution is -2.61. The van der Waals surface area contributed by atoms with Crippen molar-refractivity contribution in [3.63, 3.8) is 0 Å². The number of nitrogens with one attached hydrogen (secondary N) is 1. The summed E-state index contributed by atoms with van der Waals surface area (Å²) in [5, 5.41) is 1.03. The SMILES string of the molecule is C[C@@H]1Cc2c([nH]c3ccccc23)[C@@H](c2c(F)cc(OC3CN([C@H]4C[C@@H](CF)C4)C3)cc2F)N1CC(C)(C)F. The molecule has 0 radical (unpaired) electrons. The number of halogens is 4. The van der Waals surface area contributed by atoms with Gasteiger partial charge in [-0.25, -0.2) is 13.2 Å². The lowest BCUT2D eigenvalue weighted by Gasteiger charge is -2.49. The second-order valence-corrected chi connectivity index (χ2v) is 12.0. The summed E-state index contributed by atoms with van der Waals surface area (Å²) in [4.78, 5) is 7.51. The van der Waals surface area contributed by atoms with Crippen molar-refractivity contribution >= 4 is 10.9 Å². The molecule has 38 heavy (non-hydrogen) atoms. The number of nitrogens with zero attached hydrogens (tertiary/aromatic N) is 2. The number of H-pyrrole nitrogens is 1. The number of benzene rings is 2. The van der Waals surface area contributed by atoms with Crippen LogP contribution in [0.4, 0.5) is 17.6 Å². The van der Waals surface area contributed by atoms with Gasteiger partial charge in [0.15, 0.2) is 0 Å². The van der Waals surface area contributed by atoms with Crippen LogP contribution in [-0.2, 0) is 6.42 Å². The molecule has 6 rings (SSSR count). The van der Waals surface area contributed by atoms with Crippen LogP contribution in [0.5, 0.6) is 5.75 Å². The summed E-state index contributed by atoms with van der Waals surface area (Å²) >= 11 is 0. The van der Waals surface area contributed by atoms with Crippen molar-refractivity contribution in [2.75, 3.05) is 26.3 Å². The summed E-state index contributed by atoms with van der Waals surface area (Å²) in [6.07, 6.45) is 2.23. The third-order valence-corrected chi connectivity index (χ3v) is 8.53. The smallest absolute Gasteiger partial charge is 0.135 e. The van der Waals surface area contributed by atoms with Gasteiger partial charge in [-0.3, -0.25) is 14.2 Å². The fraction of sp³-hybridized carbons (Fsp3) is 0.533. The van der Waals surface area contributed by atoms with Gasteiger partial charge in [-0.15, -0.1) is 0 Å². The van der Waals surface area contributed by atoms with Crippen LogP contribution in [-0.4, -0.2) is 64.9 Å². The van der Waals surface area contributed by atoms with Crippen LogP contribution in [0.15, 0.2) is 36.4 Å². The summed E-state index contributed by atoms with van der Waals surface area (Å²) < 4.78 is 65.2. The van der Waals surface area contributed by atoms with Crippen molar-refractivity contribution in [2.45, 2.75) is 69.9 Å². The molecule has 3 heterocycles. The van der Waals surface area contributed by atoms with E-state index in [2.05, 4.69) is 9.88 Å². The van der Waals surface area contributed by atoms with Gasteiger partial charge in [-0.1, -0.05) is 18.2 Å². The molecule has 1 N–H and O–H groups in total. The maximum absolute atomic E-state index is 15.8. The average Bonchev–Trinajstić information content (AvgIpc) is 3.15. The van der Waals surface area contributed by atoms with E-state index in [1.807, 2.05) is 36.1 Å². The van der Waals surface area contributed by atoms with Gasteiger partial charge < -0.3 is 9.72 Å². The first-order valence-corrected chi connectivity index (χ1v) is 13.6. The summed E-state index contributed by atoms with van der Waals surface area (Å²) in [5.41, 5.74) is 0.985. The van der Waals surface area contributed by atoms with E-state index in [1.165, 1.54) is 26.0 Å². The monoisotopic (exact) mass is 529 g/mol. The van der Waals surface area contributed by atoms with Crippen LogP contribution in [0, 0.1) is 17.6 Å². The Kier molecular flexibility index (Phi) is 6.46. The van der Waals surface area contributed by atoms with Crippen LogP contribution in [0.3, 0.4) is 0 Å². The number of hydrogen-bond donors (Lipinski definition) is 1. The Morgan fingerprint density at radius 3 is 2.42 bits per heavy atom. The zero-order valence-electron chi connectivity index (χ0n) is 22.1. The number of alkyl halides is 2.